The Morgan fingerprint density at radius 1 is 0.971 bits per heavy atom. The number of sulfone groups is 2. The molecule has 0 radical (unpaired) electrons. The molecule has 2 aromatic heterocycles. The summed E-state index contributed by atoms with van der Waals surface area (Å²) < 4.78 is 127. The fourth-order valence-electron chi connectivity index (χ4n) is 2.55. The van der Waals surface area contributed by atoms with Gasteiger partial charge in [0.15, 0.2) is 6.20 Å². The lowest BCUT2D eigenvalue weighted by atomic mass is 10.3. The van der Waals surface area contributed by atoms with Crippen molar-refractivity contribution < 1.29 is 52.3 Å². The zero-order chi connectivity index (χ0) is 26.5. The maximum Gasteiger partial charge on any atom is 0.509 e. The summed E-state index contributed by atoms with van der Waals surface area (Å²) in [6.07, 6.45) is 8.67. The average molecular weight is 539 g/mol. The van der Waals surface area contributed by atoms with Crippen molar-refractivity contribution in [1.29, 1.82) is 0 Å². The van der Waals surface area contributed by atoms with Gasteiger partial charge in [-0.2, -0.15) is 30.9 Å². The number of hydrogen-bond acceptors (Lipinski definition) is 4. The van der Waals surface area contributed by atoms with E-state index in [0.29, 0.717) is 11.0 Å². The summed E-state index contributed by atoms with van der Waals surface area (Å²) in [5.41, 5.74) is -11.7. The Morgan fingerprint density at radius 2 is 1.53 bits per heavy atom. The van der Waals surface area contributed by atoms with Gasteiger partial charge in [0.2, 0.25) is 6.33 Å². The second-order valence-corrected chi connectivity index (χ2v) is 10.3. The molecule has 0 unspecified atom stereocenters. The summed E-state index contributed by atoms with van der Waals surface area (Å²) in [4.78, 5) is 0. The molecular weight excluding hydrogens is 514 g/mol. The number of nitrogens with zero attached hydrogens (tertiary/aromatic N) is 4. The first kappa shape index (κ1) is 29.4. The third kappa shape index (κ3) is 6.08. The van der Waals surface area contributed by atoms with E-state index in [0.717, 1.165) is 6.54 Å². The SMILES string of the molecule is C=Cn1c(S(=O)(=O)C(F)(F)F)c[n+](CCCC)c1S(=O)(=O)C(F)(F)F.C=Cn1cc[n+](CC)c1. The van der Waals surface area contributed by atoms with Crippen LogP contribution in [0.25, 0.3) is 12.4 Å². The number of aryl methyl sites for hydroxylation is 2. The maximum atomic E-state index is 12.9. The van der Waals surface area contributed by atoms with Gasteiger partial charge in [0.25, 0.3) is 5.03 Å². The Bertz CT molecular complexity index is 1230. The van der Waals surface area contributed by atoms with Gasteiger partial charge in [0.1, 0.15) is 12.4 Å². The lowest BCUT2D eigenvalue weighted by molar-refractivity contribution is -0.734. The van der Waals surface area contributed by atoms with Crippen molar-refractivity contribution in [2.24, 2.45) is 0 Å². The highest BCUT2D eigenvalue weighted by Gasteiger charge is 2.58. The number of unbranched alkanes of at least 4 members (excludes halogenated alkanes) is 1. The Morgan fingerprint density at radius 3 is 1.88 bits per heavy atom. The van der Waals surface area contributed by atoms with Crippen LogP contribution in [0.5, 0.6) is 0 Å². The number of halogens is 6. The topological polar surface area (TPSA) is 85.9 Å². The Hall–Kier alpha value is -2.62. The van der Waals surface area contributed by atoms with Crippen molar-refractivity contribution in [3.63, 3.8) is 0 Å². The molecule has 16 heteroatoms. The number of rotatable bonds is 8. The molecule has 2 aromatic rings. The lowest BCUT2D eigenvalue weighted by Gasteiger charge is -2.07. The third-order valence-corrected chi connectivity index (χ3v) is 7.29. The summed E-state index contributed by atoms with van der Waals surface area (Å²) in [5.74, 6) is 0. The molecule has 0 aliphatic heterocycles. The van der Waals surface area contributed by atoms with E-state index in [1.165, 1.54) is 0 Å². The molecular formula is C18H24F6N4O4S2+2. The van der Waals surface area contributed by atoms with E-state index in [-0.39, 0.29) is 23.4 Å². The summed E-state index contributed by atoms with van der Waals surface area (Å²) in [6.45, 7) is 10.8. The zero-order valence-electron chi connectivity index (χ0n) is 18.2. The number of alkyl halides is 6. The zero-order valence-corrected chi connectivity index (χ0v) is 19.8. The molecule has 0 N–H and O–H groups in total. The number of hydrogen-bond donors (Lipinski definition) is 0. The highest BCUT2D eigenvalue weighted by atomic mass is 32.2. The monoisotopic (exact) mass is 538 g/mol. The summed E-state index contributed by atoms with van der Waals surface area (Å²) in [7, 11) is -12.3. The van der Waals surface area contributed by atoms with Crippen molar-refractivity contribution in [3.8, 4) is 0 Å². The largest absolute Gasteiger partial charge is 0.509 e. The average Bonchev–Trinajstić information content (AvgIpc) is 3.35. The van der Waals surface area contributed by atoms with Gasteiger partial charge in [0, 0.05) is 0 Å². The molecule has 2 rings (SSSR count). The molecule has 192 valence electrons. The molecule has 0 atom stereocenters. The van der Waals surface area contributed by atoms with Gasteiger partial charge in [-0.15, -0.1) is 0 Å². The quantitative estimate of drug-likeness (QED) is 0.382. The molecule has 0 aromatic carbocycles. The smallest absolute Gasteiger partial charge is 0.237 e. The molecule has 0 bridgehead atoms. The van der Waals surface area contributed by atoms with E-state index in [9.17, 15) is 43.2 Å². The minimum absolute atomic E-state index is 0.0949. The van der Waals surface area contributed by atoms with E-state index < -0.39 is 47.4 Å². The molecule has 0 saturated heterocycles. The summed E-state index contributed by atoms with van der Waals surface area (Å²) in [5, 5.41) is -3.33. The molecule has 0 spiro atoms. The van der Waals surface area contributed by atoms with Gasteiger partial charge >= 0.3 is 35.8 Å². The van der Waals surface area contributed by atoms with Gasteiger partial charge in [-0.05, 0) is 13.3 Å². The Labute approximate surface area is 192 Å². The van der Waals surface area contributed by atoms with Gasteiger partial charge in [0.05, 0.1) is 25.5 Å². The molecule has 34 heavy (non-hydrogen) atoms. The lowest BCUT2D eigenvalue weighted by Crippen LogP contribution is -2.42. The van der Waals surface area contributed by atoms with E-state index in [1.807, 2.05) is 23.3 Å². The van der Waals surface area contributed by atoms with Crippen LogP contribution in [-0.2, 0) is 32.8 Å². The highest BCUT2D eigenvalue weighted by Crippen LogP contribution is 2.34. The first-order chi connectivity index (χ1) is 15.5. The van der Waals surface area contributed by atoms with Crippen LogP contribution in [0.2, 0.25) is 0 Å². The van der Waals surface area contributed by atoms with Crippen molar-refractivity contribution in [2.75, 3.05) is 0 Å². The van der Waals surface area contributed by atoms with E-state index in [1.54, 1.807) is 13.1 Å². The molecule has 0 saturated carbocycles. The molecule has 0 fully saturated rings. The number of imidazole rings is 2. The Kier molecular flexibility index (Phi) is 9.30. The summed E-state index contributed by atoms with van der Waals surface area (Å²) in [6, 6.07) is 0. The van der Waals surface area contributed by atoms with Crippen LogP contribution >= 0.6 is 0 Å². The predicted octanol–water partition coefficient (Wildman–Crippen LogP) is 3.16. The van der Waals surface area contributed by atoms with E-state index >= 15 is 0 Å². The van der Waals surface area contributed by atoms with E-state index in [2.05, 4.69) is 24.6 Å². The van der Waals surface area contributed by atoms with Crippen LogP contribution in [0, 0.1) is 0 Å². The molecule has 0 aliphatic carbocycles. The van der Waals surface area contributed by atoms with Crippen LogP contribution < -0.4 is 9.13 Å². The van der Waals surface area contributed by atoms with Crippen LogP contribution in [0.1, 0.15) is 26.7 Å². The van der Waals surface area contributed by atoms with Gasteiger partial charge in [-0.3, -0.25) is 0 Å². The van der Waals surface area contributed by atoms with Crippen LogP contribution in [0.3, 0.4) is 0 Å². The van der Waals surface area contributed by atoms with E-state index in [4.69, 9.17) is 0 Å². The minimum Gasteiger partial charge on any atom is -0.237 e. The fraction of sp³-hybridized carbons (Fsp3) is 0.444. The fourth-order valence-corrected chi connectivity index (χ4v) is 4.62. The highest BCUT2D eigenvalue weighted by molar-refractivity contribution is 7.92. The van der Waals surface area contributed by atoms with Gasteiger partial charge < -0.3 is 0 Å². The predicted molar refractivity (Wildman–Crippen MR) is 109 cm³/mol. The van der Waals surface area contributed by atoms with Crippen molar-refractivity contribution >= 4 is 32.1 Å². The van der Waals surface area contributed by atoms with Crippen molar-refractivity contribution in [3.05, 3.63) is 38.1 Å². The maximum absolute atomic E-state index is 12.9. The van der Waals surface area contributed by atoms with Gasteiger partial charge in [-0.25, -0.2) is 30.5 Å². The Balaban J connectivity index is 0.000000533. The van der Waals surface area contributed by atoms with Gasteiger partial charge in [-0.1, -0.05) is 26.5 Å². The number of aromatic nitrogens is 4. The first-order valence-corrected chi connectivity index (χ1v) is 12.5. The second kappa shape index (κ2) is 10.8. The van der Waals surface area contributed by atoms with Crippen molar-refractivity contribution in [1.82, 2.24) is 9.13 Å². The third-order valence-electron chi connectivity index (χ3n) is 4.30. The summed E-state index contributed by atoms with van der Waals surface area (Å²) >= 11 is 0. The minimum atomic E-state index is -6.14. The van der Waals surface area contributed by atoms with Crippen LogP contribution in [0.15, 0.2) is 48.3 Å². The van der Waals surface area contributed by atoms with Crippen LogP contribution in [-0.4, -0.2) is 37.0 Å². The molecule has 0 amide bonds. The van der Waals surface area contributed by atoms with Crippen LogP contribution in [0.4, 0.5) is 26.3 Å². The normalized spacial score (nSPS) is 12.7. The molecule has 0 aliphatic rings. The molecule has 8 nitrogen and oxygen atoms in total. The standard InChI is InChI=1S/C11H13F6N2O4S2.C7H11N2/c1-3-5-6-18-7-8(24(20,21)10(12,13)14)19(4-2)9(18)25(22,23)11(15,16)17;1-3-8-5-6-9(4-2)7-8/h4,7H,2-3,5-6H2,1H3;3,5-7H,1,4H2,2H3/q2*+1. The molecule has 2 heterocycles. The first-order valence-electron chi connectivity index (χ1n) is 9.58. The van der Waals surface area contributed by atoms with Crippen molar-refractivity contribution in [2.45, 2.75) is 61.0 Å². The second-order valence-electron chi connectivity index (χ2n) is 6.62.